The van der Waals surface area contributed by atoms with Crippen LogP contribution in [0.25, 0.3) is 22.0 Å². The highest BCUT2D eigenvalue weighted by Crippen LogP contribution is 2.37. The topological polar surface area (TPSA) is 111 Å². The molecule has 0 atom stereocenters. The van der Waals surface area contributed by atoms with Crippen LogP contribution in [0.4, 0.5) is 5.69 Å². The van der Waals surface area contributed by atoms with Gasteiger partial charge in [0.2, 0.25) is 0 Å². The fourth-order valence-electron chi connectivity index (χ4n) is 4.03. The van der Waals surface area contributed by atoms with Gasteiger partial charge in [-0.05, 0) is 45.7 Å². The number of nitrogens with one attached hydrogen (secondary N) is 2. The first-order valence-corrected chi connectivity index (χ1v) is 11.8. The Morgan fingerprint density at radius 1 is 1.33 bits per heavy atom. The maximum atomic E-state index is 13.1. The smallest absolute Gasteiger partial charge is 0.275 e. The lowest BCUT2D eigenvalue weighted by atomic mass is 9.89. The lowest BCUT2D eigenvalue weighted by Gasteiger charge is -2.34. The van der Waals surface area contributed by atoms with E-state index in [0.29, 0.717) is 29.4 Å². The number of pyridine rings is 1. The maximum absolute atomic E-state index is 13.1. The Morgan fingerprint density at radius 3 is 2.88 bits per heavy atom. The quantitative estimate of drug-likeness (QED) is 0.420. The van der Waals surface area contributed by atoms with E-state index in [1.807, 2.05) is 49.8 Å². The zero-order valence-electron chi connectivity index (χ0n) is 18.7. The van der Waals surface area contributed by atoms with E-state index in [4.69, 9.17) is 9.84 Å². The second kappa shape index (κ2) is 8.87. The summed E-state index contributed by atoms with van der Waals surface area (Å²) in [6.07, 6.45) is 5.68. The average Bonchev–Trinajstić information content (AvgIpc) is 3.50. The number of H-pyrrole nitrogens is 1. The summed E-state index contributed by atoms with van der Waals surface area (Å²) in [4.78, 5) is 22.1. The molecule has 1 aliphatic carbocycles. The number of aromatic amines is 1. The molecule has 0 aromatic carbocycles. The fraction of sp³-hybridized carbons (Fsp3) is 0.348. The van der Waals surface area contributed by atoms with E-state index in [1.54, 1.807) is 11.6 Å². The molecule has 2 N–H and O–H groups in total. The number of hydrogen-bond donors (Lipinski definition) is 2. The van der Waals surface area contributed by atoms with E-state index in [1.165, 1.54) is 11.3 Å². The monoisotopic (exact) mass is 463 g/mol. The first kappa shape index (κ1) is 21.5. The predicted octanol–water partition coefficient (Wildman–Crippen LogP) is 4.40. The first-order valence-electron chi connectivity index (χ1n) is 10.9. The number of hydrogen-bond acceptors (Lipinski definition) is 7. The van der Waals surface area contributed by atoms with E-state index in [2.05, 4.69) is 25.5 Å². The molecule has 0 radical (unpaired) electrons. The maximum Gasteiger partial charge on any atom is 0.275 e. The van der Waals surface area contributed by atoms with Crippen LogP contribution in [0.5, 0.6) is 0 Å². The number of thiazole rings is 1. The van der Waals surface area contributed by atoms with Crippen molar-refractivity contribution in [3.05, 3.63) is 53.1 Å². The van der Waals surface area contributed by atoms with E-state index >= 15 is 0 Å². The van der Waals surface area contributed by atoms with Crippen LogP contribution >= 0.6 is 11.3 Å². The number of carbonyl (C=O) groups is 1. The van der Waals surface area contributed by atoms with Gasteiger partial charge in [-0.2, -0.15) is 10.2 Å². The van der Waals surface area contributed by atoms with Gasteiger partial charge in [-0.25, -0.2) is 4.98 Å². The van der Waals surface area contributed by atoms with Gasteiger partial charge in [-0.1, -0.05) is 6.07 Å². The Morgan fingerprint density at radius 2 is 2.18 bits per heavy atom. The van der Waals surface area contributed by atoms with Crippen molar-refractivity contribution in [2.45, 2.75) is 45.8 Å². The van der Waals surface area contributed by atoms with Crippen LogP contribution < -0.4 is 5.32 Å². The van der Waals surface area contributed by atoms with E-state index in [9.17, 15) is 4.79 Å². The molecule has 0 unspecified atom stereocenters. The summed E-state index contributed by atoms with van der Waals surface area (Å²) < 4.78 is 7.60. The Hall–Kier alpha value is -3.37. The number of rotatable bonds is 7. The molecule has 0 bridgehead atoms. The summed E-state index contributed by atoms with van der Waals surface area (Å²) in [5.41, 5.74) is 5.04. The molecule has 1 saturated carbocycles. The normalized spacial score (nSPS) is 17.7. The van der Waals surface area contributed by atoms with Crippen molar-refractivity contribution in [3.8, 4) is 22.0 Å². The first-order chi connectivity index (χ1) is 16.0. The molecular weight excluding hydrogens is 438 g/mol. The Bertz CT molecular complexity index is 1250. The van der Waals surface area contributed by atoms with Gasteiger partial charge in [0.25, 0.3) is 5.91 Å². The minimum atomic E-state index is -0.283. The second-order valence-corrected chi connectivity index (χ2v) is 8.95. The average molecular weight is 464 g/mol. The number of carbonyl (C=O) groups excluding carboxylic acids is 1. The number of aryl methyl sites for hydroxylation is 2. The van der Waals surface area contributed by atoms with E-state index < -0.39 is 0 Å². The zero-order valence-corrected chi connectivity index (χ0v) is 19.5. The van der Waals surface area contributed by atoms with Crippen molar-refractivity contribution in [2.75, 3.05) is 11.9 Å². The van der Waals surface area contributed by atoms with Gasteiger partial charge in [0.05, 0.1) is 34.8 Å². The molecule has 4 aromatic heterocycles. The third kappa shape index (κ3) is 4.19. The molecule has 4 aromatic rings. The van der Waals surface area contributed by atoms with Gasteiger partial charge in [-0.15, -0.1) is 11.3 Å². The molecule has 10 heteroatoms. The van der Waals surface area contributed by atoms with Crippen LogP contribution in [-0.4, -0.2) is 48.6 Å². The van der Waals surface area contributed by atoms with Gasteiger partial charge in [0, 0.05) is 30.1 Å². The fourth-order valence-corrected chi connectivity index (χ4v) is 4.99. The van der Waals surface area contributed by atoms with Crippen molar-refractivity contribution < 1.29 is 9.53 Å². The van der Waals surface area contributed by atoms with Crippen LogP contribution in [0.3, 0.4) is 0 Å². The molecular formula is C23H25N7O2S. The van der Waals surface area contributed by atoms with E-state index in [-0.39, 0.29) is 18.1 Å². The summed E-state index contributed by atoms with van der Waals surface area (Å²) in [5.74, 6) is -0.283. The molecule has 33 heavy (non-hydrogen) atoms. The molecule has 1 fully saturated rings. The molecule has 4 heterocycles. The predicted molar refractivity (Wildman–Crippen MR) is 126 cm³/mol. The zero-order chi connectivity index (χ0) is 22.9. The van der Waals surface area contributed by atoms with Crippen molar-refractivity contribution in [1.82, 2.24) is 29.9 Å². The van der Waals surface area contributed by atoms with Gasteiger partial charge in [0.1, 0.15) is 16.4 Å². The van der Waals surface area contributed by atoms with Gasteiger partial charge in [0.15, 0.2) is 0 Å². The largest absolute Gasteiger partial charge is 0.378 e. The third-order valence-corrected chi connectivity index (χ3v) is 6.67. The second-order valence-electron chi connectivity index (χ2n) is 8.09. The molecule has 0 saturated heterocycles. The third-order valence-electron chi connectivity index (χ3n) is 5.81. The summed E-state index contributed by atoms with van der Waals surface area (Å²) in [7, 11) is 0. The molecule has 1 amide bonds. The van der Waals surface area contributed by atoms with Crippen LogP contribution in [0.2, 0.25) is 0 Å². The minimum absolute atomic E-state index is 0.243. The number of anilines is 1. The molecule has 9 nitrogen and oxygen atoms in total. The Labute approximate surface area is 195 Å². The molecule has 1 aliphatic rings. The van der Waals surface area contributed by atoms with Crippen molar-refractivity contribution in [3.63, 3.8) is 0 Å². The van der Waals surface area contributed by atoms with Crippen molar-refractivity contribution in [1.29, 1.82) is 0 Å². The number of ether oxygens (including phenoxy) is 1. The van der Waals surface area contributed by atoms with Gasteiger partial charge >= 0.3 is 0 Å². The van der Waals surface area contributed by atoms with Crippen molar-refractivity contribution in [2.24, 2.45) is 0 Å². The molecule has 0 aliphatic heterocycles. The van der Waals surface area contributed by atoms with Gasteiger partial charge in [-0.3, -0.25) is 19.6 Å². The Balaban J connectivity index is 1.40. The van der Waals surface area contributed by atoms with Gasteiger partial charge < -0.3 is 10.1 Å². The van der Waals surface area contributed by atoms with Crippen LogP contribution in [0.1, 0.15) is 47.7 Å². The summed E-state index contributed by atoms with van der Waals surface area (Å²) in [6, 6.07) is 5.89. The van der Waals surface area contributed by atoms with Crippen molar-refractivity contribution >= 4 is 22.9 Å². The lowest BCUT2D eigenvalue weighted by molar-refractivity contribution is -0.0226. The lowest BCUT2D eigenvalue weighted by Crippen LogP contribution is -2.33. The standard InChI is InChI=1S/C23H25N7O2S/c1-4-32-16-9-15(10-16)30-11-18(21(29-30)17-7-5-6-8-24-17)25-22(31)19-12-33-23(26-19)20-13(2)27-28-14(20)3/h5-8,11-12,15-16H,4,9-10H2,1-3H3,(H,25,31)(H,27,28)/t15-,16-. The number of aromatic nitrogens is 6. The highest BCUT2D eigenvalue weighted by molar-refractivity contribution is 7.13. The van der Waals surface area contributed by atoms with Crippen LogP contribution in [0.15, 0.2) is 36.0 Å². The van der Waals surface area contributed by atoms with E-state index in [0.717, 1.165) is 34.8 Å². The summed E-state index contributed by atoms with van der Waals surface area (Å²) in [6.45, 7) is 6.59. The number of nitrogens with zero attached hydrogens (tertiary/aromatic N) is 5. The molecule has 170 valence electrons. The highest BCUT2D eigenvalue weighted by Gasteiger charge is 2.32. The Kier molecular flexibility index (Phi) is 5.77. The van der Waals surface area contributed by atoms with Crippen LogP contribution in [0, 0.1) is 13.8 Å². The van der Waals surface area contributed by atoms with Crippen LogP contribution in [-0.2, 0) is 4.74 Å². The minimum Gasteiger partial charge on any atom is -0.378 e. The number of amides is 1. The summed E-state index contributed by atoms with van der Waals surface area (Å²) in [5, 5.41) is 17.5. The summed E-state index contributed by atoms with van der Waals surface area (Å²) >= 11 is 1.42. The SMILES string of the molecule is CCO[C@H]1C[C@H](n2cc(NC(=O)c3csc(-c4c(C)n[nH]c4C)n3)c(-c3ccccn3)n2)C1. The highest BCUT2D eigenvalue weighted by atomic mass is 32.1. The molecule has 0 spiro atoms. The molecule has 5 rings (SSSR count).